The van der Waals surface area contributed by atoms with Crippen LogP contribution in [-0.2, 0) is 24.8 Å². The maximum Gasteiger partial charge on any atom is 0.262 e. The molecule has 2 aromatic carbocycles. The lowest BCUT2D eigenvalue weighted by Gasteiger charge is -2.20. The number of carbonyl (C=O) groups is 1. The van der Waals surface area contributed by atoms with Crippen LogP contribution in [0.15, 0.2) is 29.2 Å². The second kappa shape index (κ2) is 8.21. The number of halogens is 1. The number of anilines is 2. The molecule has 1 aliphatic heterocycles. The van der Waals surface area contributed by atoms with E-state index in [-0.39, 0.29) is 56.1 Å². The van der Waals surface area contributed by atoms with Crippen LogP contribution < -0.4 is 18.5 Å². The number of rotatable bonds is 6. The van der Waals surface area contributed by atoms with Gasteiger partial charge in [-0.15, -0.1) is 0 Å². The van der Waals surface area contributed by atoms with E-state index in [1.807, 2.05) is 0 Å². The molecule has 1 amide bonds. The molecule has 168 valence electrons. The van der Waals surface area contributed by atoms with E-state index in [1.54, 1.807) is 0 Å². The quantitative estimate of drug-likeness (QED) is 0.663. The number of ether oxygens (including phenoxy) is 2. The molecule has 0 aromatic heterocycles. The van der Waals surface area contributed by atoms with E-state index >= 15 is 0 Å². The van der Waals surface area contributed by atoms with E-state index in [9.17, 15) is 21.6 Å². The maximum absolute atomic E-state index is 13.2. The highest BCUT2D eigenvalue weighted by atomic mass is 35.5. The number of hydrogen-bond acceptors (Lipinski definition) is 7. The summed E-state index contributed by atoms with van der Waals surface area (Å²) >= 11 is 6.07. The van der Waals surface area contributed by atoms with Crippen molar-refractivity contribution < 1.29 is 31.1 Å². The van der Waals surface area contributed by atoms with Crippen LogP contribution >= 0.6 is 11.6 Å². The Morgan fingerprint density at radius 2 is 1.61 bits per heavy atom. The Morgan fingerprint density at radius 3 is 2.10 bits per heavy atom. The number of nitrogens with one attached hydrogen (secondary N) is 1. The minimum absolute atomic E-state index is 0.0451. The summed E-state index contributed by atoms with van der Waals surface area (Å²) in [7, 11) is -5.11. The minimum atomic E-state index is -4.11. The first-order chi connectivity index (χ1) is 14.4. The van der Waals surface area contributed by atoms with Crippen molar-refractivity contribution in [1.29, 1.82) is 0 Å². The van der Waals surface area contributed by atoms with Gasteiger partial charge in [0.05, 0.1) is 41.3 Å². The fourth-order valence-electron chi connectivity index (χ4n) is 3.47. The van der Waals surface area contributed by atoms with Crippen molar-refractivity contribution in [2.24, 2.45) is 0 Å². The van der Waals surface area contributed by atoms with Crippen molar-refractivity contribution in [3.8, 4) is 11.5 Å². The van der Waals surface area contributed by atoms with E-state index in [0.717, 1.165) is 4.31 Å². The van der Waals surface area contributed by atoms with E-state index in [0.29, 0.717) is 0 Å². The summed E-state index contributed by atoms with van der Waals surface area (Å²) in [6.07, 6.45) is -0.111. The van der Waals surface area contributed by atoms with E-state index in [4.69, 9.17) is 21.1 Å². The fraction of sp³-hybridized carbons (Fsp3) is 0.316. The third-order valence-electron chi connectivity index (χ3n) is 4.75. The Kier molecular flexibility index (Phi) is 6.14. The summed E-state index contributed by atoms with van der Waals surface area (Å²) in [6, 6.07) is 5.54. The molecule has 0 bridgehead atoms. The molecular formula is C19H21ClN2O7S2. The molecule has 1 N–H and O–H groups in total. The third kappa shape index (κ3) is 4.30. The van der Waals surface area contributed by atoms with Crippen molar-refractivity contribution in [1.82, 2.24) is 0 Å². The van der Waals surface area contributed by atoms with Gasteiger partial charge in [-0.3, -0.25) is 9.52 Å². The number of nitrogens with zero attached hydrogens (tertiary/aromatic N) is 1. The first-order valence-electron chi connectivity index (χ1n) is 9.02. The van der Waals surface area contributed by atoms with Gasteiger partial charge in [0.2, 0.25) is 15.9 Å². The summed E-state index contributed by atoms with van der Waals surface area (Å²) in [5.41, 5.74) is 0.778. The Morgan fingerprint density at radius 1 is 1.03 bits per heavy atom. The van der Waals surface area contributed by atoms with Gasteiger partial charge in [0, 0.05) is 18.6 Å². The predicted molar refractivity (Wildman–Crippen MR) is 117 cm³/mol. The molecule has 1 aliphatic rings. The number of amides is 1. The van der Waals surface area contributed by atoms with Gasteiger partial charge in [-0.25, -0.2) is 21.1 Å². The zero-order valence-electron chi connectivity index (χ0n) is 17.2. The largest absolute Gasteiger partial charge is 0.495 e. The van der Waals surface area contributed by atoms with Gasteiger partial charge >= 0.3 is 0 Å². The summed E-state index contributed by atoms with van der Waals surface area (Å²) in [5, 5.41) is 0.246. The van der Waals surface area contributed by atoms with Crippen LogP contribution in [0, 0.1) is 13.8 Å². The standard InChI is InChI=1S/C19H21ClN2O7S2/c1-11-7-13(22-18(23)5-6-30(22,24)25)8-12(2)19(11)31(26,27)21-15-10-16(28-3)14(20)9-17(15)29-4/h7-10,21H,5-6H2,1-4H3. The lowest BCUT2D eigenvalue weighted by atomic mass is 10.1. The first-order valence-corrected chi connectivity index (χ1v) is 12.5. The number of aryl methyl sites for hydroxylation is 2. The summed E-state index contributed by atoms with van der Waals surface area (Å²) < 4.78 is 64.3. The molecule has 9 nitrogen and oxygen atoms in total. The van der Waals surface area contributed by atoms with Crippen LogP contribution in [0.1, 0.15) is 17.5 Å². The number of methoxy groups -OCH3 is 2. The first kappa shape index (κ1) is 23.2. The molecule has 0 saturated carbocycles. The zero-order valence-corrected chi connectivity index (χ0v) is 19.6. The van der Waals surface area contributed by atoms with Gasteiger partial charge in [-0.05, 0) is 37.1 Å². The minimum Gasteiger partial charge on any atom is -0.495 e. The van der Waals surface area contributed by atoms with Gasteiger partial charge in [-0.1, -0.05) is 11.6 Å². The molecular weight excluding hydrogens is 468 g/mol. The topological polar surface area (TPSA) is 119 Å². The maximum atomic E-state index is 13.2. The van der Waals surface area contributed by atoms with Crippen LogP contribution in [0.5, 0.6) is 11.5 Å². The van der Waals surface area contributed by atoms with E-state index in [1.165, 1.54) is 52.3 Å². The fourth-order valence-corrected chi connectivity index (χ4v) is 6.66. The summed E-state index contributed by atoms with van der Waals surface area (Å²) in [5.74, 6) is -0.383. The Labute approximate surface area is 186 Å². The molecule has 0 unspecified atom stereocenters. The Bertz CT molecular complexity index is 1250. The normalized spacial score (nSPS) is 15.8. The number of hydrogen-bond donors (Lipinski definition) is 1. The van der Waals surface area contributed by atoms with Gasteiger partial charge in [-0.2, -0.15) is 0 Å². The van der Waals surface area contributed by atoms with Gasteiger partial charge in [0.15, 0.2) is 0 Å². The highest BCUT2D eigenvalue weighted by Gasteiger charge is 2.37. The zero-order chi connectivity index (χ0) is 23.1. The SMILES string of the molecule is COc1cc(NS(=O)(=O)c2c(C)cc(N3C(=O)CCS3(=O)=O)cc2C)c(OC)cc1Cl. The Balaban J connectivity index is 2.06. The summed E-state index contributed by atoms with van der Waals surface area (Å²) in [4.78, 5) is 12.0. The highest BCUT2D eigenvalue weighted by Crippen LogP contribution is 2.38. The molecule has 0 atom stereocenters. The molecule has 1 fully saturated rings. The van der Waals surface area contributed by atoms with Crippen molar-refractivity contribution in [3.63, 3.8) is 0 Å². The van der Waals surface area contributed by atoms with Crippen LogP contribution in [0.4, 0.5) is 11.4 Å². The number of carbonyl (C=O) groups excluding carboxylic acids is 1. The molecule has 2 aromatic rings. The van der Waals surface area contributed by atoms with Gasteiger partial charge in [0.1, 0.15) is 11.5 Å². The van der Waals surface area contributed by atoms with Gasteiger partial charge < -0.3 is 9.47 Å². The molecule has 12 heteroatoms. The lowest BCUT2D eigenvalue weighted by molar-refractivity contribution is -0.116. The van der Waals surface area contributed by atoms with E-state index < -0.39 is 26.0 Å². The monoisotopic (exact) mass is 488 g/mol. The highest BCUT2D eigenvalue weighted by molar-refractivity contribution is 7.94. The molecule has 31 heavy (non-hydrogen) atoms. The average molecular weight is 489 g/mol. The van der Waals surface area contributed by atoms with Crippen molar-refractivity contribution in [3.05, 3.63) is 40.4 Å². The third-order valence-corrected chi connectivity index (χ3v) is 8.40. The molecule has 1 heterocycles. The molecule has 1 saturated heterocycles. The second-order valence-electron chi connectivity index (χ2n) is 6.93. The smallest absolute Gasteiger partial charge is 0.262 e. The van der Waals surface area contributed by atoms with Crippen LogP contribution in [0.3, 0.4) is 0 Å². The Hall–Kier alpha value is -2.50. The van der Waals surface area contributed by atoms with Crippen molar-refractivity contribution in [2.45, 2.75) is 25.2 Å². The average Bonchev–Trinajstić information content (AvgIpc) is 2.94. The number of sulfonamides is 2. The molecule has 0 radical (unpaired) electrons. The summed E-state index contributed by atoms with van der Waals surface area (Å²) in [6.45, 7) is 3.05. The van der Waals surface area contributed by atoms with Crippen molar-refractivity contribution in [2.75, 3.05) is 29.0 Å². The van der Waals surface area contributed by atoms with Crippen LogP contribution in [0.2, 0.25) is 5.02 Å². The van der Waals surface area contributed by atoms with E-state index in [2.05, 4.69) is 4.72 Å². The predicted octanol–water partition coefficient (Wildman–Crippen LogP) is 2.84. The molecule has 0 spiro atoms. The lowest BCUT2D eigenvalue weighted by Crippen LogP contribution is -2.29. The second-order valence-corrected chi connectivity index (χ2v) is 10.9. The molecule has 3 rings (SSSR count). The van der Waals surface area contributed by atoms with Crippen LogP contribution in [-0.4, -0.2) is 42.7 Å². The number of benzene rings is 2. The molecule has 0 aliphatic carbocycles. The van der Waals surface area contributed by atoms with Gasteiger partial charge in [0.25, 0.3) is 10.0 Å². The van der Waals surface area contributed by atoms with Crippen molar-refractivity contribution >= 4 is 48.9 Å². The van der Waals surface area contributed by atoms with Crippen LogP contribution in [0.25, 0.3) is 0 Å².